The third-order valence-electron chi connectivity index (χ3n) is 2.04. The Balaban J connectivity index is 2.73. The first-order valence-corrected chi connectivity index (χ1v) is 5.63. The zero-order valence-corrected chi connectivity index (χ0v) is 10.6. The third kappa shape index (κ3) is 3.43. The maximum absolute atomic E-state index is 11.6. The number of amides is 1. The van der Waals surface area contributed by atoms with Crippen LogP contribution in [0.1, 0.15) is 12.0 Å². The summed E-state index contributed by atoms with van der Waals surface area (Å²) in [6, 6.07) is 1.30. The Morgan fingerprint density at radius 2 is 2.50 bits per heavy atom. The largest absolute Gasteiger partial charge is 0.320 e. The Hall–Kier alpha value is -1.20. The predicted octanol–water partition coefficient (Wildman–Crippen LogP) is 1.99. The molecule has 0 saturated heterocycles. The van der Waals surface area contributed by atoms with Crippen LogP contribution in [0.2, 0.25) is 0 Å². The number of hydrogen-bond acceptors (Lipinski definition) is 3. The van der Waals surface area contributed by atoms with Crippen LogP contribution < -0.4 is 11.1 Å². The van der Waals surface area contributed by atoms with Gasteiger partial charge >= 0.3 is 0 Å². The second-order valence-corrected chi connectivity index (χ2v) is 4.35. The molecule has 0 aliphatic rings. The summed E-state index contributed by atoms with van der Waals surface area (Å²) in [5.74, 6) is 0.283. The first-order valence-electron chi connectivity index (χ1n) is 4.84. The Kier molecular flexibility index (Phi) is 4.64. The fourth-order valence-corrected chi connectivity index (χ4v) is 1.61. The van der Waals surface area contributed by atoms with E-state index in [9.17, 15) is 4.79 Å². The fourth-order valence-electron chi connectivity index (χ4n) is 1.17. The Labute approximate surface area is 103 Å². The maximum atomic E-state index is 11.6. The molecular weight excluding hydrogens is 270 g/mol. The number of pyridine rings is 1. The van der Waals surface area contributed by atoms with Crippen molar-refractivity contribution in [1.82, 2.24) is 4.98 Å². The van der Waals surface area contributed by atoms with Gasteiger partial charge in [-0.25, -0.2) is 4.98 Å². The lowest BCUT2D eigenvalue weighted by molar-refractivity contribution is -0.117. The normalized spacial score (nSPS) is 11.9. The minimum atomic E-state index is -0.581. The molecule has 16 heavy (non-hydrogen) atoms. The first-order chi connectivity index (χ1) is 7.54. The number of nitrogens with zero attached hydrogens (tertiary/aromatic N) is 1. The lowest BCUT2D eigenvalue weighted by Gasteiger charge is -2.11. The monoisotopic (exact) mass is 283 g/mol. The molecule has 1 rings (SSSR count). The summed E-state index contributed by atoms with van der Waals surface area (Å²) in [6.45, 7) is 5.40. The van der Waals surface area contributed by atoms with Gasteiger partial charge in [0.05, 0.1) is 6.04 Å². The molecule has 0 aliphatic heterocycles. The van der Waals surface area contributed by atoms with Crippen molar-refractivity contribution in [3.05, 3.63) is 35.0 Å². The van der Waals surface area contributed by atoms with Crippen LogP contribution in [-0.2, 0) is 4.79 Å². The van der Waals surface area contributed by atoms with Gasteiger partial charge in [0, 0.05) is 10.7 Å². The molecule has 0 fully saturated rings. The number of aryl methyl sites for hydroxylation is 1. The van der Waals surface area contributed by atoms with Crippen LogP contribution in [0, 0.1) is 6.92 Å². The van der Waals surface area contributed by atoms with Crippen molar-refractivity contribution >= 4 is 27.7 Å². The molecule has 0 bridgehead atoms. The van der Waals surface area contributed by atoms with Crippen LogP contribution in [0.5, 0.6) is 0 Å². The standard InChI is InChI=1S/C11H14BrN3O/c1-3-4-9(13)11(16)15-10-7(2)5-8(12)6-14-10/h3,5-6,9H,1,4,13H2,2H3,(H,14,15,16). The van der Waals surface area contributed by atoms with Gasteiger partial charge in [-0.05, 0) is 40.9 Å². The van der Waals surface area contributed by atoms with Crippen molar-refractivity contribution < 1.29 is 4.79 Å². The summed E-state index contributed by atoms with van der Waals surface area (Å²) >= 11 is 3.30. The number of halogens is 1. The molecule has 0 spiro atoms. The van der Waals surface area contributed by atoms with Crippen LogP contribution in [-0.4, -0.2) is 16.9 Å². The summed E-state index contributed by atoms with van der Waals surface area (Å²) in [6.07, 6.45) is 3.69. The molecule has 0 radical (unpaired) electrons. The minimum absolute atomic E-state index is 0.252. The average molecular weight is 284 g/mol. The van der Waals surface area contributed by atoms with E-state index in [0.29, 0.717) is 12.2 Å². The van der Waals surface area contributed by atoms with E-state index >= 15 is 0 Å². The number of anilines is 1. The predicted molar refractivity (Wildman–Crippen MR) is 68.1 cm³/mol. The van der Waals surface area contributed by atoms with Gasteiger partial charge in [0.2, 0.25) is 5.91 Å². The lowest BCUT2D eigenvalue weighted by atomic mass is 10.2. The van der Waals surface area contributed by atoms with Gasteiger partial charge in [0.25, 0.3) is 0 Å². The van der Waals surface area contributed by atoms with E-state index in [1.54, 1.807) is 12.3 Å². The lowest BCUT2D eigenvalue weighted by Crippen LogP contribution is -2.35. The van der Waals surface area contributed by atoms with E-state index in [2.05, 4.69) is 32.8 Å². The number of aromatic nitrogens is 1. The first kappa shape index (κ1) is 12.9. The van der Waals surface area contributed by atoms with Gasteiger partial charge in [0.1, 0.15) is 5.82 Å². The number of carbonyl (C=O) groups is 1. The molecule has 0 saturated carbocycles. The van der Waals surface area contributed by atoms with Crippen LogP contribution in [0.3, 0.4) is 0 Å². The fraction of sp³-hybridized carbons (Fsp3) is 0.273. The van der Waals surface area contributed by atoms with Crippen molar-refractivity contribution in [2.45, 2.75) is 19.4 Å². The van der Waals surface area contributed by atoms with E-state index < -0.39 is 6.04 Å². The highest BCUT2D eigenvalue weighted by Gasteiger charge is 2.13. The summed E-state index contributed by atoms with van der Waals surface area (Å²) in [5, 5.41) is 2.68. The molecule has 5 heteroatoms. The SMILES string of the molecule is C=CCC(N)C(=O)Nc1ncc(Br)cc1C. The summed E-state index contributed by atoms with van der Waals surface area (Å²) in [5.41, 5.74) is 6.52. The molecule has 86 valence electrons. The molecule has 1 aromatic rings. The smallest absolute Gasteiger partial charge is 0.242 e. The number of carbonyl (C=O) groups excluding carboxylic acids is 1. The van der Waals surface area contributed by atoms with Crippen molar-refractivity contribution in [1.29, 1.82) is 0 Å². The Morgan fingerprint density at radius 3 is 3.06 bits per heavy atom. The zero-order valence-electron chi connectivity index (χ0n) is 9.03. The highest BCUT2D eigenvalue weighted by molar-refractivity contribution is 9.10. The number of hydrogen-bond donors (Lipinski definition) is 2. The van der Waals surface area contributed by atoms with E-state index in [1.165, 1.54) is 0 Å². The van der Waals surface area contributed by atoms with Gasteiger partial charge < -0.3 is 11.1 Å². The van der Waals surface area contributed by atoms with Crippen LogP contribution in [0.15, 0.2) is 29.4 Å². The van der Waals surface area contributed by atoms with Crippen molar-refractivity contribution in [3.63, 3.8) is 0 Å². The maximum Gasteiger partial charge on any atom is 0.242 e. The second kappa shape index (κ2) is 5.77. The highest BCUT2D eigenvalue weighted by atomic mass is 79.9. The average Bonchev–Trinajstić information content (AvgIpc) is 2.22. The van der Waals surface area contributed by atoms with Gasteiger partial charge in [-0.1, -0.05) is 6.08 Å². The van der Waals surface area contributed by atoms with Crippen molar-refractivity contribution in [3.8, 4) is 0 Å². The molecule has 3 N–H and O–H groups in total. The van der Waals surface area contributed by atoms with Gasteiger partial charge in [-0.15, -0.1) is 6.58 Å². The topological polar surface area (TPSA) is 68.0 Å². The number of rotatable bonds is 4. The van der Waals surface area contributed by atoms with Crippen LogP contribution in [0.4, 0.5) is 5.82 Å². The van der Waals surface area contributed by atoms with Crippen LogP contribution in [0.25, 0.3) is 0 Å². The molecular formula is C11H14BrN3O. The van der Waals surface area contributed by atoms with E-state index in [1.807, 2.05) is 13.0 Å². The van der Waals surface area contributed by atoms with Crippen molar-refractivity contribution in [2.24, 2.45) is 5.73 Å². The van der Waals surface area contributed by atoms with E-state index in [0.717, 1.165) is 10.0 Å². The zero-order chi connectivity index (χ0) is 12.1. The summed E-state index contributed by atoms with van der Waals surface area (Å²) < 4.78 is 0.874. The molecule has 4 nitrogen and oxygen atoms in total. The van der Waals surface area contributed by atoms with E-state index in [4.69, 9.17) is 5.73 Å². The highest BCUT2D eigenvalue weighted by Crippen LogP contribution is 2.16. The quantitative estimate of drug-likeness (QED) is 0.831. The molecule has 1 atom stereocenters. The molecule has 0 aromatic carbocycles. The van der Waals surface area contributed by atoms with Crippen LogP contribution >= 0.6 is 15.9 Å². The second-order valence-electron chi connectivity index (χ2n) is 3.44. The minimum Gasteiger partial charge on any atom is -0.320 e. The molecule has 0 aliphatic carbocycles. The summed E-state index contributed by atoms with van der Waals surface area (Å²) in [4.78, 5) is 15.7. The molecule has 1 unspecified atom stereocenters. The third-order valence-corrected chi connectivity index (χ3v) is 2.48. The number of nitrogens with two attached hydrogens (primary N) is 1. The van der Waals surface area contributed by atoms with Gasteiger partial charge in [0.15, 0.2) is 0 Å². The van der Waals surface area contributed by atoms with E-state index in [-0.39, 0.29) is 5.91 Å². The summed E-state index contributed by atoms with van der Waals surface area (Å²) in [7, 11) is 0. The molecule has 1 aromatic heterocycles. The van der Waals surface area contributed by atoms with Gasteiger partial charge in [-0.3, -0.25) is 4.79 Å². The Morgan fingerprint density at radius 1 is 1.81 bits per heavy atom. The van der Waals surface area contributed by atoms with Gasteiger partial charge in [-0.2, -0.15) is 0 Å². The Bertz CT molecular complexity index is 406. The molecule has 1 heterocycles. The number of nitrogens with one attached hydrogen (secondary N) is 1. The van der Waals surface area contributed by atoms with Crippen molar-refractivity contribution in [2.75, 3.05) is 5.32 Å². The molecule has 1 amide bonds.